The minimum absolute atomic E-state index is 0.267. The third-order valence-corrected chi connectivity index (χ3v) is 4.96. The average molecular weight is 318 g/mol. The highest BCUT2D eigenvalue weighted by molar-refractivity contribution is 5.76. The SMILES string of the molecule is CCCCCCC(C(=O)Oc1ccccc1)C1(O)CCCCC1. The van der Waals surface area contributed by atoms with Crippen LogP contribution in [0.15, 0.2) is 30.3 Å². The Hall–Kier alpha value is -1.35. The number of hydrogen-bond acceptors (Lipinski definition) is 3. The van der Waals surface area contributed by atoms with Gasteiger partial charge in [0.25, 0.3) is 0 Å². The van der Waals surface area contributed by atoms with Gasteiger partial charge >= 0.3 is 5.97 Å². The molecule has 0 heterocycles. The molecule has 1 aromatic rings. The lowest BCUT2D eigenvalue weighted by molar-refractivity contribution is -0.152. The van der Waals surface area contributed by atoms with Gasteiger partial charge in [-0.2, -0.15) is 0 Å². The predicted octanol–water partition coefficient (Wildman–Crippen LogP) is 4.87. The standard InChI is InChI=1S/C20H30O3/c1-2-3-4-9-14-18(20(22)15-10-6-11-16-20)19(21)23-17-12-7-5-8-13-17/h5,7-8,12-13,18,22H,2-4,6,9-11,14-16H2,1H3. The molecule has 1 aromatic carbocycles. The van der Waals surface area contributed by atoms with Crippen molar-refractivity contribution < 1.29 is 14.6 Å². The molecule has 0 aliphatic heterocycles. The number of hydrogen-bond donors (Lipinski definition) is 1. The summed E-state index contributed by atoms with van der Waals surface area (Å²) in [4.78, 5) is 12.7. The minimum Gasteiger partial charge on any atom is -0.426 e. The first-order chi connectivity index (χ1) is 11.2. The molecule has 23 heavy (non-hydrogen) atoms. The zero-order valence-corrected chi connectivity index (χ0v) is 14.3. The maximum Gasteiger partial charge on any atom is 0.317 e. The van der Waals surface area contributed by atoms with Crippen LogP contribution in [0.1, 0.15) is 71.1 Å². The van der Waals surface area contributed by atoms with Crippen LogP contribution in [0.4, 0.5) is 0 Å². The third kappa shape index (κ3) is 5.35. The minimum atomic E-state index is -0.879. The smallest absolute Gasteiger partial charge is 0.317 e. The number of para-hydroxylation sites is 1. The highest BCUT2D eigenvalue weighted by atomic mass is 16.5. The molecule has 128 valence electrons. The highest BCUT2D eigenvalue weighted by Gasteiger charge is 2.42. The second-order valence-corrected chi connectivity index (χ2v) is 6.80. The van der Waals surface area contributed by atoms with Gasteiger partial charge in [0, 0.05) is 0 Å². The summed E-state index contributed by atoms with van der Waals surface area (Å²) in [5.41, 5.74) is -0.879. The van der Waals surface area contributed by atoms with Crippen molar-refractivity contribution in [3.63, 3.8) is 0 Å². The van der Waals surface area contributed by atoms with Crippen molar-refractivity contribution in [2.45, 2.75) is 76.7 Å². The lowest BCUT2D eigenvalue weighted by atomic mass is 9.73. The maximum absolute atomic E-state index is 12.7. The van der Waals surface area contributed by atoms with Crippen molar-refractivity contribution in [3.05, 3.63) is 30.3 Å². The monoisotopic (exact) mass is 318 g/mol. The summed E-state index contributed by atoms with van der Waals surface area (Å²) >= 11 is 0. The van der Waals surface area contributed by atoms with Crippen molar-refractivity contribution in [2.24, 2.45) is 5.92 Å². The van der Waals surface area contributed by atoms with E-state index in [0.29, 0.717) is 5.75 Å². The second kappa shape index (κ2) is 9.07. The number of esters is 1. The van der Waals surface area contributed by atoms with E-state index in [4.69, 9.17) is 4.74 Å². The summed E-state index contributed by atoms with van der Waals surface area (Å²) in [6.45, 7) is 2.18. The number of carbonyl (C=O) groups is 1. The Labute approximate surface area is 140 Å². The summed E-state index contributed by atoms with van der Waals surface area (Å²) in [7, 11) is 0. The van der Waals surface area contributed by atoms with Crippen LogP contribution >= 0.6 is 0 Å². The first-order valence-electron chi connectivity index (χ1n) is 9.15. The fraction of sp³-hybridized carbons (Fsp3) is 0.650. The zero-order valence-electron chi connectivity index (χ0n) is 14.3. The van der Waals surface area contributed by atoms with Crippen molar-refractivity contribution >= 4 is 5.97 Å². The summed E-state index contributed by atoms with van der Waals surface area (Å²) in [5, 5.41) is 11.0. The number of benzene rings is 1. The molecule has 1 aliphatic rings. The van der Waals surface area contributed by atoms with Gasteiger partial charge in [-0.3, -0.25) is 4.79 Å². The molecule has 1 aliphatic carbocycles. The Morgan fingerprint density at radius 2 is 1.83 bits per heavy atom. The van der Waals surface area contributed by atoms with Crippen LogP contribution in [0, 0.1) is 5.92 Å². The third-order valence-electron chi connectivity index (χ3n) is 4.96. The van der Waals surface area contributed by atoms with Gasteiger partial charge in [0.15, 0.2) is 0 Å². The first kappa shape index (κ1) is 18.0. The van der Waals surface area contributed by atoms with Gasteiger partial charge in [0.2, 0.25) is 0 Å². The van der Waals surface area contributed by atoms with Crippen molar-refractivity contribution in [1.82, 2.24) is 0 Å². The summed E-state index contributed by atoms with van der Waals surface area (Å²) in [6.07, 6.45) is 9.75. The van der Waals surface area contributed by atoms with Crippen LogP contribution in [-0.2, 0) is 4.79 Å². The fourth-order valence-electron chi connectivity index (χ4n) is 3.57. The van der Waals surface area contributed by atoms with Crippen LogP contribution in [0.3, 0.4) is 0 Å². The Morgan fingerprint density at radius 1 is 1.13 bits per heavy atom. The van der Waals surface area contributed by atoms with Gasteiger partial charge in [0.05, 0.1) is 11.5 Å². The van der Waals surface area contributed by atoms with Crippen LogP contribution in [-0.4, -0.2) is 16.7 Å². The molecule has 1 N–H and O–H groups in total. The molecule has 0 saturated heterocycles. The van der Waals surface area contributed by atoms with E-state index in [9.17, 15) is 9.90 Å². The molecule has 3 heteroatoms. The fourth-order valence-corrected chi connectivity index (χ4v) is 3.57. The zero-order chi connectivity index (χ0) is 16.5. The number of carbonyl (C=O) groups excluding carboxylic acids is 1. The Kier molecular flexibility index (Phi) is 7.10. The van der Waals surface area contributed by atoms with Crippen LogP contribution in [0.25, 0.3) is 0 Å². The van der Waals surface area contributed by atoms with Crippen LogP contribution in [0.5, 0.6) is 5.75 Å². The van der Waals surface area contributed by atoms with E-state index in [1.54, 1.807) is 12.1 Å². The summed E-state index contributed by atoms with van der Waals surface area (Å²) in [5.74, 6) is -0.104. The van der Waals surface area contributed by atoms with E-state index < -0.39 is 11.5 Å². The van der Waals surface area contributed by atoms with E-state index in [1.165, 1.54) is 12.8 Å². The molecular formula is C20H30O3. The number of ether oxygens (including phenoxy) is 1. The van der Waals surface area contributed by atoms with Crippen LogP contribution in [0.2, 0.25) is 0 Å². The van der Waals surface area contributed by atoms with Gasteiger partial charge in [-0.25, -0.2) is 0 Å². The van der Waals surface area contributed by atoms with Gasteiger partial charge in [-0.05, 0) is 31.4 Å². The quantitative estimate of drug-likeness (QED) is 0.422. The number of aliphatic hydroxyl groups is 1. The molecule has 1 fully saturated rings. The van der Waals surface area contributed by atoms with Gasteiger partial charge in [0.1, 0.15) is 5.75 Å². The largest absolute Gasteiger partial charge is 0.426 e. The second-order valence-electron chi connectivity index (χ2n) is 6.80. The molecule has 0 radical (unpaired) electrons. The Morgan fingerprint density at radius 3 is 2.48 bits per heavy atom. The van der Waals surface area contributed by atoms with Crippen LogP contribution < -0.4 is 4.74 Å². The van der Waals surface area contributed by atoms with E-state index >= 15 is 0 Å². The molecule has 3 nitrogen and oxygen atoms in total. The van der Waals surface area contributed by atoms with Gasteiger partial charge in [-0.15, -0.1) is 0 Å². The molecule has 1 saturated carbocycles. The first-order valence-corrected chi connectivity index (χ1v) is 9.15. The van der Waals surface area contributed by atoms with E-state index in [2.05, 4.69) is 6.92 Å². The predicted molar refractivity (Wildman–Crippen MR) is 92.4 cm³/mol. The van der Waals surface area contributed by atoms with Crippen molar-refractivity contribution in [1.29, 1.82) is 0 Å². The lowest BCUT2D eigenvalue weighted by Gasteiger charge is -2.38. The molecule has 0 aromatic heterocycles. The summed E-state index contributed by atoms with van der Waals surface area (Å²) < 4.78 is 5.55. The Balaban J connectivity index is 2.03. The van der Waals surface area contributed by atoms with E-state index in [-0.39, 0.29) is 5.97 Å². The molecule has 1 atom stereocenters. The molecule has 1 unspecified atom stereocenters. The summed E-state index contributed by atoms with van der Waals surface area (Å²) in [6, 6.07) is 9.19. The maximum atomic E-state index is 12.7. The topological polar surface area (TPSA) is 46.5 Å². The van der Waals surface area contributed by atoms with Crippen molar-refractivity contribution in [3.8, 4) is 5.75 Å². The Bertz CT molecular complexity index is 463. The molecule has 0 spiro atoms. The average Bonchev–Trinajstić information content (AvgIpc) is 2.56. The lowest BCUT2D eigenvalue weighted by Crippen LogP contribution is -2.45. The van der Waals surface area contributed by atoms with Gasteiger partial charge in [-0.1, -0.05) is 70.1 Å². The van der Waals surface area contributed by atoms with E-state index in [1.807, 2.05) is 18.2 Å². The highest BCUT2D eigenvalue weighted by Crippen LogP contribution is 2.37. The molecular weight excluding hydrogens is 288 g/mol. The number of rotatable bonds is 8. The normalized spacial score (nSPS) is 18.3. The van der Waals surface area contributed by atoms with Gasteiger partial charge < -0.3 is 9.84 Å². The molecule has 0 bridgehead atoms. The van der Waals surface area contributed by atoms with Crippen molar-refractivity contribution in [2.75, 3.05) is 0 Å². The van der Waals surface area contributed by atoms with E-state index in [0.717, 1.165) is 51.4 Å². The molecule has 0 amide bonds. The molecule has 2 rings (SSSR count). The number of unbranched alkanes of at least 4 members (excludes halogenated alkanes) is 3.